The molecule has 2 fully saturated rings. The first-order chi connectivity index (χ1) is 25.4. The number of hydrogen-bond donors (Lipinski definition) is 1. The van der Waals surface area contributed by atoms with Crippen molar-refractivity contribution < 1.29 is 49.9 Å². The van der Waals surface area contributed by atoms with E-state index in [2.05, 4.69) is 10.3 Å². The molecule has 3 atom stereocenters. The van der Waals surface area contributed by atoms with Crippen LogP contribution in [-0.2, 0) is 32.1 Å². The minimum atomic E-state index is -5.88. The summed E-state index contributed by atoms with van der Waals surface area (Å²) in [6.07, 6.45) is -5.94. The number of alkyl halides is 6. The minimum Gasteiger partial charge on any atom is -0.463 e. The van der Waals surface area contributed by atoms with Gasteiger partial charge in [0.25, 0.3) is 11.5 Å². The van der Waals surface area contributed by atoms with Crippen LogP contribution in [0.5, 0.6) is 0 Å². The van der Waals surface area contributed by atoms with Gasteiger partial charge in [0.2, 0.25) is 5.91 Å². The maximum Gasteiger partial charge on any atom is 0.430 e. The first-order valence-electron chi connectivity index (χ1n) is 17.0. The Morgan fingerprint density at radius 2 is 1.70 bits per heavy atom. The first kappa shape index (κ1) is 38.3. The van der Waals surface area contributed by atoms with Crippen LogP contribution < -0.4 is 10.2 Å². The molecular weight excluding hydrogens is 720 g/mol. The number of imide groups is 1. The van der Waals surface area contributed by atoms with Crippen LogP contribution in [-0.4, -0.2) is 76.7 Å². The molecule has 0 spiro atoms. The number of rotatable bonds is 9. The maximum atomic E-state index is 14.7. The molecule has 0 radical (unpaired) electrons. The van der Waals surface area contributed by atoms with E-state index >= 15 is 0 Å². The van der Waals surface area contributed by atoms with Gasteiger partial charge in [-0.15, -0.1) is 0 Å². The summed E-state index contributed by atoms with van der Waals surface area (Å²) in [7, 11) is 0. The number of aromatic nitrogens is 1. The molecule has 4 aromatic rings. The van der Waals surface area contributed by atoms with E-state index in [1.165, 1.54) is 66.8 Å². The van der Waals surface area contributed by atoms with Crippen molar-refractivity contribution in [3.8, 4) is 0 Å². The van der Waals surface area contributed by atoms with Crippen LogP contribution in [0, 0.1) is 0 Å². The third kappa shape index (κ3) is 6.67. The zero-order valence-corrected chi connectivity index (χ0v) is 29.7. The van der Waals surface area contributed by atoms with Gasteiger partial charge in [0, 0.05) is 41.8 Å². The normalized spacial score (nSPS) is 21.4. The van der Waals surface area contributed by atoms with Gasteiger partial charge in [-0.1, -0.05) is 48.6 Å². The number of benzene rings is 2. The monoisotopic (exact) mass is 757 g/mol. The van der Waals surface area contributed by atoms with Crippen molar-refractivity contribution in [3.05, 3.63) is 102 Å². The zero-order chi connectivity index (χ0) is 39.2. The Kier molecular flexibility index (Phi) is 10.0. The Bertz CT molecular complexity index is 2070. The topological polar surface area (TPSA) is 108 Å². The fraction of sp³-hybridized carbons (Fsp3) is 0.368. The molecule has 286 valence electrons. The molecule has 16 heteroatoms. The molecule has 1 unspecified atom stereocenters. The van der Waals surface area contributed by atoms with E-state index in [0.717, 1.165) is 17.0 Å². The molecule has 0 aliphatic carbocycles. The van der Waals surface area contributed by atoms with E-state index in [0.29, 0.717) is 16.7 Å². The van der Waals surface area contributed by atoms with Crippen LogP contribution in [0.1, 0.15) is 50.1 Å². The predicted octanol–water partition coefficient (Wildman–Crippen LogP) is 7.29. The second kappa shape index (κ2) is 14.1. The van der Waals surface area contributed by atoms with Gasteiger partial charge in [-0.05, 0) is 63.1 Å². The van der Waals surface area contributed by atoms with E-state index in [1.807, 2.05) is 0 Å². The lowest BCUT2D eigenvalue weighted by molar-refractivity contribution is -0.392. The summed E-state index contributed by atoms with van der Waals surface area (Å²) in [5.74, 6) is -1.20. The molecule has 2 aromatic heterocycles. The number of nitrogens with one attached hydrogen (secondary N) is 1. The average Bonchev–Trinajstić information content (AvgIpc) is 3.67. The number of allylic oxidation sites excluding steroid dienone is 1. The molecule has 0 saturated carbocycles. The van der Waals surface area contributed by atoms with Crippen molar-refractivity contribution in [2.45, 2.75) is 69.9 Å². The number of urea groups is 1. The van der Waals surface area contributed by atoms with Crippen LogP contribution in [0.2, 0.25) is 0 Å². The molecule has 54 heavy (non-hydrogen) atoms. The van der Waals surface area contributed by atoms with Gasteiger partial charge in [0.15, 0.2) is 11.1 Å². The lowest BCUT2D eigenvalue weighted by Gasteiger charge is -2.46. The SMILES string of the molecule is C/C=C\c1cc(C(OCc2ccccc2)(C(F)(F)F)C(F)(F)F)ccc1N1C[C@H](C)N(C(=O)CN2C(=O)N[C@](C)(c3cc4ccoc4cn3)C2=O)CC1C. The first-order valence-corrected chi connectivity index (χ1v) is 17.0. The van der Waals surface area contributed by atoms with Crippen LogP contribution >= 0.6 is 0 Å². The lowest BCUT2D eigenvalue weighted by atomic mass is 9.89. The quantitative estimate of drug-likeness (QED) is 0.141. The third-order valence-corrected chi connectivity index (χ3v) is 9.91. The van der Waals surface area contributed by atoms with Crippen LogP contribution in [0.4, 0.5) is 36.8 Å². The molecule has 4 heterocycles. The highest BCUT2D eigenvalue weighted by molar-refractivity contribution is 6.09. The van der Waals surface area contributed by atoms with Crippen molar-refractivity contribution in [1.29, 1.82) is 0 Å². The number of anilines is 1. The number of carbonyl (C=O) groups is 3. The Morgan fingerprint density at radius 1 is 1.00 bits per heavy atom. The fourth-order valence-corrected chi connectivity index (χ4v) is 7.04. The summed E-state index contributed by atoms with van der Waals surface area (Å²) in [5.41, 5.74) is -6.01. The number of halogens is 6. The Hall–Kier alpha value is -5.38. The summed E-state index contributed by atoms with van der Waals surface area (Å²) in [4.78, 5) is 48.7. The third-order valence-electron chi connectivity index (χ3n) is 9.91. The number of amides is 4. The summed E-state index contributed by atoms with van der Waals surface area (Å²) >= 11 is 0. The van der Waals surface area contributed by atoms with Crippen molar-refractivity contribution in [3.63, 3.8) is 0 Å². The van der Waals surface area contributed by atoms with Gasteiger partial charge in [-0.3, -0.25) is 19.5 Å². The van der Waals surface area contributed by atoms with Gasteiger partial charge >= 0.3 is 18.4 Å². The van der Waals surface area contributed by atoms with Crippen molar-refractivity contribution in [2.24, 2.45) is 0 Å². The summed E-state index contributed by atoms with van der Waals surface area (Å²) in [6, 6.07) is 11.6. The summed E-state index contributed by atoms with van der Waals surface area (Å²) in [5, 5.41) is 3.31. The van der Waals surface area contributed by atoms with E-state index in [4.69, 9.17) is 9.15 Å². The molecule has 10 nitrogen and oxygen atoms in total. The highest BCUT2D eigenvalue weighted by Gasteiger charge is 2.73. The lowest BCUT2D eigenvalue weighted by Crippen LogP contribution is -2.60. The number of pyridine rings is 1. The largest absolute Gasteiger partial charge is 0.463 e. The van der Waals surface area contributed by atoms with Crippen LogP contribution in [0.15, 0.2) is 83.6 Å². The molecule has 2 aliphatic heterocycles. The Morgan fingerprint density at radius 3 is 2.37 bits per heavy atom. The highest BCUT2D eigenvalue weighted by Crippen LogP contribution is 2.54. The number of hydrogen-bond acceptors (Lipinski definition) is 7. The molecule has 1 N–H and O–H groups in total. The number of piperazine rings is 1. The van der Waals surface area contributed by atoms with Crippen LogP contribution in [0.3, 0.4) is 0 Å². The number of ether oxygens (including phenoxy) is 1. The average molecular weight is 758 g/mol. The Labute approximate surface area is 306 Å². The molecule has 0 bridgehead atoms. The molecule has 2 aliphatic rings. The van der Waals surface area contributed by atoms with Gasteiger partial charge in [-0.2, -0.15) is 26.3 Å². The fourth-order valence-electron chi connectivity index (χ4n) is 7.04. The van der Waals surface area contributed by atoms with Crippen molar-refractivity contribution in [1.82, 2.24) is 20.1 Å². The highest BCUT2D eigenvalue weighted by atomic mass is 19.4. The predicted molar refractivity (Wildman–Crippen MR) is 186 cm³/mol. The van der Waals surface area contributed by atoms with E-state index in [9.17, 15) is 40.7 Å². The smallest absolute Gasteiger partial charge is 0.430 e. The van der Waals surface area contributed by atoms with Gasteiger partial charge in [-0.25, -0.2) is 4.79 Å². The second-order valence-corrected chi connectivity index (χ2v) is 13.6. The van der Waals surface area contributed by atoms with Crippen molar-refractivity contribution in [2.75, 3.05) is 24.5 Å². The summed E-state index contributed by atoms with van der Waals surface area (Å²) < 4.78 is 98.1. The van der Waals surface area contributed by atoms with Gasteiger partial charge in [0.1, 0.15) is 6.54 Å². The molecule has 4 amide bonds. The molecule has 2 aromatic carbocycles. The van der Waals surface area contributed by atoms with E-state index in [-0.39, 0.29) is 29.9 Å². The van der Waals surface area contributed by atoms with Crippen LogP contribution in [0.25, 0.3) is 17.0 Å². The molecule has 6 rings (SSSR count). The Balaban J connectivity index is 1.23. The number of nitrogens with zero attached hydrogens (tertiary/aromatic N) is 4. The number of carbonyl (C=O) groups excluding carboxylic acids is 3. The standard InChI is InChI=1S/C38H37F6N5O5/c1-5-9-26-16-28(36(37(39,40)41,38(42,43)44)54-22-25-10-7-6-8-11-25)12-13-29(26)47-19-24(3)48(20-23(47)2)32(50)21-49-33(51)35(4,46-34(49)52)31-17-27-14-15-53-30(27)18-45-31/h5-18,23-24H,19-22H2,1-4H3,(H,46,52)/b9-5-/t23?,24-,35+/m0/s1. The second-order valence-electron chi connectivity index (χ2n) is 13.6. The summed E-state index contributed by atoms with van der Waals surface area (Å²) in [6.45, 7) is 5.24. The van der Waals surface area contributed by atoms with Crippen molar-refractivity contribution >= 4 is 40.6 Å². The minimum absolute atomic E-state index is 0.0753. The van der Waals surface area contributed by atoms with Gasteiger partial charge in [0.05, 0.1) is 24.8 Å². The molecule has 2 saturated heterocycles. The van der Waals surface area contributed by atoms with Gasteiger partial charge < -0.3 is 24.3 Å². The number of furan rings is 1. The molecular formula is C38H37F6N5O5. The van der Waals surface area contributed by atoms with E-state index < -0.39 is 72.1 Å². The zero-order valence-electron chi connectivity index (χ0n) is 29.7. The number of fused-ring (bicyclic) bond motifs is 1. The maximum absolute atomic E-state index is 14.7. The van der Waals surface area contributed by atoms with E-state index in [1.54, 1.807) is 43.9 Å².